The molecule has 1 aromatic rings. The van der Waals surface area contributed by atoms with Crippen LogP contribution in [0.2, 0.25) is 0 Å². The average Bonchev–Trinajstić information content (AvgIpc) is 2.45. The van der Waals surface area contributed by atoms with E-state index in [1.54, 1.807) is 0 Å². The first-order chi connectivity index (χ1) is 9.59. The van der Waals surface area contributed by atoms with E-state index in [-0.39, 0.29) is 12.3 Å². The number of nitrogens with one attached hydrogen (secondary N) is 1. The molecule has 0 aliphatic carbocycles. The number of unbranched alkanes of at least 4 members (excludes halogenated alkanes) is 1. The van der Waals surface area contributed by atoms with Crippen LogP contribution in [-0.4, -0.2) is 29.6 Å². The smallest absolute Gasteiger partial charge is 0.303 e. The SMILES string of the molecule is N[C@@H](CCc1ccccc1)C(=O)NCCCCC(=O)O. The Bertz CT molecular complexity index is 420. The summed E-state index contributed by atoms with van der Waals surface area (Å²) in [6.45, 7) is 0.477. The first kappa shape index (κ1) is 16.2. The maximum atomic E-state index is 11.7. The van der Waals surface area contributed by atoms with E-state index in [9.17, 15) is 9.59 Å². The quantitative estimate of drug-likeness (QED) is 0.594. The van der Waals surface area contributed by atoms with Gasteiger partial charge in [0.2, 0.25) is 5.91 Å². The van der Waals surface area contributed by atoms with Gasteiger partial charge in [-0.15, -0.1) is 0 Å². The van der Waals surface area contributed by atoms with Crippen molar-refractivity contribution in [2.24, 2.45) is 5.73 Å². The van der Waals surface area contributed by atoms with Crippen LogP contribution in [0, 0.1) is 0 Å². The lowest BCUT2D eigenvalue weighted by atomic mass is 10.1. The summed E-state index contributed by atoms with van der Waals surface area (Å²) < 4.78 is 0. The molecule has 1 atom stereocenters. The van der Waals surface area contributed by atoms with Crippen LogP contribution >= 0.6 is 0 Å². The Labute approximate surface area is 119 Å². The van der Waals surface area contributed by atoms with Crippen molar-refractivity contribution in [2.75, 3.05) is 6.54 Å². The van der Waals surface area contributed by atoms with Crippen LogP contribution < -0.4 is 11.1 Å². The van der Waals surface area contributed by atoms with Crippen molar-refractivity contribution < 1.29 is 14.7 Å². The molecule has 1 amide bonds. The average molecular weight is 278 g/mol. The molecule has 0 aliphatic rings. The monoisotopic (exact) mass is 278 g/mol. The summed E-state index contributed by atoms with van der Waals surface area (Å²) in [5.41, 5.74) is 6.99. The van der Waals surface area contributed by atoms with Gasteiger partial charge < -0.3 is 16.2 Å². The predicted octanol–water partition coefficient (Wildman–Crippen LogP) is 1.32. The van der Waals surface area contributed by atoms with Crippen LogP contribution in [0.25, 0.3) is 0 Å². The van der Waals surface area contributed by atoms with Gasteiger partial charge in [0.1, 0.15) is 0 Å². The summed E-state index contributed by atoms with van der Waals surface area (Å²) in [4.78, 5) is 22.0. The molecule has 4 N–H and O–H groups in total. The molecular weight excluding hydrogens is 256 g/mol. The lowest BCUT2D eigenvalue weighted by Crippen LogP contribution is -2.41. The van der Waals surface area contributed by atoms with Gasteiger partial charge >= 0.3 is 5.97 Å². The van der Waals surface area contributed by atoms with Crippen molar-refractivity contribution in [3.8, 4) is 0 Å². The van der Waals surface area contributed by atoms with Crippen LogP contribution in [0.15, 0.2) is 30.3 Å². The van der Waals surface area contributed by atoms with Gasteiger partial charge in [-0.25, -0.2) is 0 Å². The maximum absolute atomic E-state index is 11.7. The predicted molar refractivity (Wildman–Crippen MR) is 77.2 cm³/mol. The number of carbonyl (C=O) groups is 2. The second-order valence-electron chi connectivity index (χ2n) is 4.77. The van der Waals surface area contributed by atoms with Crippen molar-refractivity contribution in [1.82, 2.24) is 5.32 Å². The van der Waals surface area contributed by atoms with Crippen LogP contribution in [-0.2, 0) is 16.0 Å². The fourth-order valence-electron chi connectivity index (χ4n) is 1.84. The summed E-state index contributed by atoms with van der Waals surface area (Å²) in [7, 11) is 0. The molecule has 0 saturated carbocycles. The molecule has 1 aromatic carbocycles. The number of amides is 1. The number of carbonyl (C=O) groups excluding carboxylic acids is 1. The molecule has 20 heavy (non-hydrogen) atoms. The fraction of sp³-hybridized carbons (Fsp3) is 0.467. The second kappa shape index (κ2) is 9.09. The molecule has 0 aromatic heterocycles. The van der Waals surface area contributed by atoms with E-state index in [0.29, 0.717) is 25.8 Å². The van der Waals surface area contributed by atoms with Gasteiger partial charge in [-0.3, -0.25) is 9.59 Å². The lowest BCUT2D eigenvalue weighted by molar-refractivity contribution is -0.137. The van der Waals surface area contributed by atoms with Crippen LogP contribution in [0.3, 0.4) is 0 Å². The number of aliphatic carboxylic acids is 1. The lowest BCUT2D eigenvalue weighted by Gasteiger charge is -2.12. The molecule has 0 unspecified atom stereocenters. The largest absolute Gasteiger partial charge is 0.481 e. The van der Waals surface area contributed by atoms with Crippen molar-refractivity contribution in [2.45, 2.75) is 38.1 Å². The third-order valence-electron chi connectivity index (χ3n) is 3.04. The van der Waals surface area contributed by atoms with Crippen molar-refractivity contribution >= 4 is 11.9 Å². The molecule has 0 aliphatic heterocycles. The summed E-state index contributed by atoms with van der Waals surface area (Å²) in [6.07, 6.45) is 2.73. The number of carboxylic acid groups (broad SMARTS) is 1. The Kier molecular flexibility index (Phi) is 7.35. The fourth-order valence-corrected chi connectivity index (χ4v) is 1.84. The minimum atomic E-state index is -0.809. The molecule has 0 fully saturated rings. The third-order valence-corrected chi connectivity index (χ3v) is 3.04. The van der Waals surface area contributed by atoms with Crippen molar-refractivity contribution in [3.05, 3.63) is 35.9 Å². The van der Waals surface area contributed by atoms with Gasteiger partial charge in [0.25, 0.3) is 0 Å². The van der Waals surface area contributed by atoms with Gasteiger partial charge in [-0.1, -0.05) is 30.3 Å². The van der Waals surface area contributed by atoms with E-state index >= 15 is 0 Å². The highest BCUT2D eigenvalue weighted by atomic mass is 16.4. The van der Waals surface area contributed by atoms with E-state index in [2.05, 4.69) is 5.32 Å². The number of carboxylic acids is 1. The number of rotatable bonds is 9. The zero-order chi connectivity index (χ0) is 14.8. The Morgan fingerprint density at radius 3 is 2.55 bits per heavy atom. The molecule has 5 heteroatoms. The van der Waals surface area contributed by atoms with Crippen LogP contribution in [0.5, 0.6) is 0 Å². The summed E-state index contributed by atoms with van der Waals surface area (Å²) in [5.74, 6) is -0.979. The molecule has 0 heterocycles. The highest BCUT2D eigenvalue weighted by molar-refractivity contribution is 5.81. The molecule has 0 spiro atoms. The van der Waals surface area contributed by atoms with Crippen molar-refractivity contribution in [3.63, 3.8) is 0 Å². The standard InChI is InChI=1S/C15H22N2O3/c16-13(10-9-12-6-2-1-3-7-12)15(20)17-11-5-4-8-14(18)19/h1-3,6-7,13H,4-5,8-11,16H2,(H,17,20)(H,18,19)/t13-/m0/s1. The normalized spacial score (nSPS) is 11.8. The number of hydrogen-bond acceptors (Lipinski definition) is 3. The van der Waals surface area contributed by atoms with Gasteiger partial charge in [0.15, 0.2) is 0 Å². The van der Waals surface area contributed by atoms with Gasteiger partial charge in [0.05, 0.1) is 6.04 Å². The topological polar surface area (TPSA) is 92.4 Å². The van der Waals surface area contributed by atoms with Gasteiger partial charge in [-0.05, 0) is 31.2 Å². The molecular formula is C15H22N2O3. The van der Waals surface area contributed by atoms with Crippen LogP contribution in [0.4, 0.5) is 0 Å². The minimum Gasteiger partial charge on any atom is -0.481 e. The minimum absolute atomic E-state index is 0.135. The van der Waals surface area contributed by atoms with Crippen LogP contribution in [0.1, 0.15) is 31.2 Å². The third kappa shape index (κ3) is 6.89. The molecule has 0 saturated heterocycles. The number of benzene rings is 1. The second-order valence-corrected chi connectivity index (χ2v) is 4.77. The Morgan fingerprint density at radius 2 is 1.90 bits per heavy atom. The Morgan fingerprint density at radius 1 is 1.20 bits per heavy atom. The van der Waals surface area contributed by atoms with Crippen molar-refractivity contribution in [1.29, 1.82) is 0 Å². The first-order valence-corrected chi connectivity index (χ1v) is 6.88. The van der Waals surface area contributed by atoms with Gasteiger partial charge in [-0.2, -0.15) is 0 Å². The molecule has 0 radical (unpaired) electrons. The summed E-state index contributed by atoms with van der Waals surface area (Å²) in [6, 6.07) is 9.38. The Balaban J connectivity index is 2.14. The molecule has 0 bridgehead atoms. The molecule has 110 valence electrons. The highest BCUT2D eigenvalue weighted by Crippen LogP contribution is 2.04. The molecule has 1 rings (SSSR count). The number of hydrogen-bond donors (Lipinski definition) is 3. The van der Waals surface area contributed by atoms with E-state index in [1.807, 2.05) is 30.3 Å². The number of nitrogens with two attached hydrogens (primary N) is 1. The van der Waals surface area contributed by atoms with E-state index in [1.165, 1.54) is 0 Å². The highest BCUT2D eigenvalue weighted by Gasteiger charge is 2.12. The first-order valence-electron chi connectivity index (χ1n) is 6.88. The van der Waals surface area contributed by atoms with E-state index < -0.39 is 12.0 Å². The zero-order valence-corrected chi connectivity index (χ0v) is 11.5. The van der Waals surface area contributed by atoms with E-state index in [0.717, 1.165) is 12.0 Å². The van der Waals surface area contributed by atoms with Gasteiger partial charge in [0, 0.05) is 13.0 Å². The van der Waals surface area contributed by atoms with E-state index in [4.69, 9.17) is 10.8 Å². The maximum Gasteiger partial charge on any atom is 0.303 e. The number of aryl methyl sites for hydroxylation is 1. The zero-order valence-electron chi connectivity index (χ0n) is 11.5. The molecule has 5 nitrogen and oxygen atoms in total. The summed E-state index contributed by atoms with van der Waals surface area (Å²) in [5, 5.41) is 11.2. The summed E-state index contributed by atoms with van der Waals surface area (Å²) >= 11 is 0. The Hall–Kier alpha value is -1.88.